The number of hydrogen-bond donors (Lipinski definition) is 0. The minimum absolute atomic E-state index is 0.0563. The van der Waals surface area contributed by atoms with Crippen LogP contribution in [0, 0.1) is 10.1 Å². The van der Waals surface area contributed by atoms with E-state index in [1.165, 1.54) is 28.2 Å². The zero-order chi connectivity index (χ0) is 23.7. The molecule has 0 saturated carbocycles. The van der Waals surface area contributed by atoms with E-state index in [0.29, 0.717) is 48.3 Å². The van der Waals surface area contributed by atoms with E-state index in [9.17, 15) is 14.9 Å². The predicted molar refractivity (Wildman–Crippen MR) is 133 cm³/mol. The van der Waals surface area contributed by atoms with Crippen LogP contribution in [0.1, 0.15) is 10.5 Å². The molecule has 172 valence electrons. The lowest BCUT2D eigenvalue weighted by Crippen LogP contribution is -2.49. The number of nitro groups is 1. The van der Waals surface area contributed by atoms with Crippen LogP contribution in [-0.2, 0) is 0 Å². The molecular formula is C24H20ClN5O3S. The van der Waals surface area contributed by atoms with Crippen LogP contribution in [0.2, 0.25) is 5.02 Å². The first kappa shape index (κ1) is 22.1. The fraction of sp³-hybridized carbons (Fsp3) is 0.167. The van der Waals surface area contributed by atoms with Gasteiger partial charge in [-0.15, -0.1) is 11.3 Å². The molecule has 0 bridgehead atoms. The molecule has 3 heterocycles. The number of rotatable bonds is 5. The Kier molecular flexibility index (Phi) is 6.04. The summed E-state index contributed by atoms with van der Waals surface area (Å²) in [5.41, 5.74) is 2.47. The number of anilines is 1. The van der Waals surface area contributed by atoms with Gasteiger partial charge in [0.15, 0.2) is 0 Å². The number of non-ortho nitro benzene ring substituents is 1. The molecule has 0 radical (unpaired) electrons. The Labute approximate surface area is 204 Å². The smallest absolute Gasteiger partial charge is 0.272 e. The molecule has 1 aliphatic rings. The molecule has 5 rings (SSSR count). The molecule has 2 aromatic carbocycles. The molecule has 34 heavy (non-hydrogen) atoms. The number of carbonyl (C=O) groups is 1. The van der Waals surface area contributed by atoms with Crippen LogP contribution in [0.3, 0.4) is 0 Å². The normalized spacial score (nSPS) is 13.8. The first-order valence-corrected chi connectivity index (χ1v) is 11.9. The molecular weight excluding hydrogens is 474 g/mol. The van der Waals surface area contributed by atoms with Crippen molar-refractivity contribution in [1.82, 2.24) is 14.7 Å². The van der Waals surface area contributed by atoms with Gasteiger partial charge >= 0.3 is 0 Å². The van der Waals surface area contributed by atoms with E-state index >= 15 is 0 Å². The Balaban J connectivity index is 1.44. The van der Waals surface area contributed by atoms with Gasteiger partial charge in [0, 0.05) is 49.0 Å². The highest BCUT2D eigenvalue weighted by Crippen LogP contribution is 2.28. The van der Waals surface area contributed by atoms with Crippen molar-refractivity contribution < 1.29 is 9.72 Å². The van der Waals surface area contributed by atoms with Gasteiger partial charge in [-0.1, -0.05) is 29.8 Å². The summed E-state index contributed by atoms with van der Waals surface area (Å²) in [4.78, 5) is 29.3. The van der Waals surface area contributed by atoms with E-state index in [-0.39, 0.29) is 11.6 Å². The molecule has 0 unspecified atom stereocenters. The maximum Gasteiger partial charge on any atom is 0.272 e. The number of nitro benzene ring substituents is 1. The van der Waals surface area contributed by atoms with Crippen molar-refractivity contribution in [3.8, 4) is 16.3 Å². The predicted octanol–water partition coefficient (Wildman–Crippen LogP) is 5.12. The molecule has 2 aromatic heterocycles. The van der Waals surface area contributed by atoms with Gasteiger partial charge in [-0.2, -0.15) is 5.10 Å². The van der Waals surface area contributed by atoms with Crippen LogP contribution >= 0.6 is 22.9 Å². The van der Waals surface area contributed by atoms with Crippen molar-refractivity contribution in [3.63, 3.8) is 0 Å². The minimum Gasteiger partial charge on any atom is -0.368 e. The Morgan fingerprint density at radius 1 is 0.971 bits per heavy atom. The van der Waals surface area contributed by atoms with Crippen LogP contribution in [0.25, 0.3) is 16.3 Å². The average Bonchev–Trinajstić information content (AvgIpc) is 3.54. The SMILES string of the molecule is O=C(c1cc(-c2cccs2)nn1-c1cccc([N+](=O)[O-])c1)N1CCN(c2cccc(Cl)c2)CC1. The largest absolute Gasteiger partial charge is 0.368 e. The van der Waals surface area contributed by atoms with E-state index < -0.39 is 4.92 Å². The second kappa shape index (κ2) is 9.28. The van der Waals surface area contributed by atoms with Crippen LogP contribution in [0.5, 0.6) is 0 Å². The van der Waals surface area contributed by atoms with Crippen molar-refractivity contribution in [1.29, 1.82) is 0 Å². The van der Waals surface area contributed by atoms with Crippen molar-refractivity contribution in [2.24, 2.45) is 0 Å². The summed E-state index contributed by atoms with van der Waals surface area (Å²) in [5, 5.41) is 18.6. The maximum absolute atomic E-state index is 13.6. The zero-order valence-electron chi connectivity index (χ0n) is 18.0. The summed E-state index contributed by atoms with van der Waals surface area (Å²) >= 11 is 7.65. The molecule has 0 N–H and O–H groups in total. The molecule has 0 spiro atoms. The van der Waals surface area contributed by atoms with Gasteiger partial charge in [0.2, 0.25) is 0 Å². The summed E-state index contributed by atoms with van der Waals surface area (Å²) in [6.45, 7) is 2.43. The Bertz CT molecular complexity index is 1350. The summed E-state index contributed by atoms with van der Waals surface area (Å²) in [5.74, 6) is -0.160. The molecule has 1 aliphatic heterocycles. The summed E-state index contributed by atoms with van der Waals surface area (Å²) in [7, 11) is 0. The number of hydrogen-bond acceptors (Lipinski definition) is 6. The molecule has 10 heteroatoms. The quantitative estimate of drug-likeness (QED) is 0.284. The zero-order valence-corrected chi connectivity index (χ0v) is 19.6. The van der Waals surface area contributed by atoms with E-state index in [2.05, 4.69) is 10.00 Å². The van der Waals surface area contributed by atoms with Crippen LogP contribution < -0.4 is 4.90 Å². The summed E-state index contributed by atoms with van der Waals surface area (Å²) in [6.07, 6.45) is 0. The number of carbonyl (C=O) groups excluding carboxylic acids is 1. The highest BCUT2D eigenvalue weighted by Gasteiger charge is 2.27. The number of benzene rings is 2. The second-order valence-corrected chi connectivity index (χ2v) is 9.22. The first-order valence-electron chi connectivity index (χ1n) is 10.7. The third-order valence-corrected chi connectivity index (χ3v) is 6.85. The van der Waals surface area contributed by atoms with Gasteiger partial charge in [0.05, 0.1) is 15.5 Å². The maximum atomic E-state index is 13.6. The van der Waals surface area contributed by atoms with Gasteiger partial charge in [0.1, 0.15) is 11.4 Å². The van der Waals surface area contributed by atoms with E-state index in [4.69, 9.17) is 11.6 Å². The van der Waals surface area contributed by atoms with E-state index in [0.717, 1.165) is 10.6 Å². The van der Waals surface area contributed by atoms with E-state index in [1.807, 2.05) is 41.8 Å². The lowest BCUT2D eigenvalue weighted by Gasteiger charge is -2.36. The van der Waals surface area contributed by atoms with Crippen LogP contribution in [-0.4, -0.2) is 51.7 Å². The van der Waals surface area contributed by atoms with Gasteiger partial charge in [-0.25, -0.2) is 4.68 Å². The van der Waals surface area contributed by atoms with E-state index in [1.54, 1.807) is 23.1 Å². The van der Waals surface area contributed by atoms with Crippen molar-refractivity contribution in [3.05, 3.63) is 92.9 Å². The standard InChI is InChI=1S/C24H20ClN5O3S/c25-17-4-1-5-18(14-17)27-9-11-28(12-10-27)24(31)22-16-21(23-8-3-13-34-23)26-29(22)19-6-2-7-20(15-19)30(32)33/h1-8,13-16H,9-12H2. The molecule has 1 fully saturated rings. The number of halogens is 1. The fourth-order valence-corrected chi connectivity index (χ4v) is 4.88. The Morgan fingerprint density at radius 2 is 1.74 bits per heavy atom. The van der Waals surface area contributed by atoms with Gasteiger partial charge in [-0.3, -0.25) is 14.9 Å². The summed E-state index contributed by atoms with van der Waals surface area (Å²) in [6, 6.07) is 19.5. The van der Waals surface area contributed by atoms with Crippen LogP contribution in [0.4, 0.5) is 11.4 Å². The number of nitrogens with zero attached hydrogens (tertiary/aromatic N) is 5. The number of amides is 1. The van der Waals surface area contributed by atoms with Crippen LogP contribution in [0.15, 0.2) is 72.1 Å². The van der Waals surface area contributed by atoms with Gasteiger partial charge in [0.25, 0.3) is 11.6 Å². The third kappa shape index (κ3) is 4.40. The molecule has 4 aromatic rings. The van der Waals surface area contributed by atoms with Gasteiger partial charge in [-0.05, 0) is 41.8 Å². The van der Waals surface area contributed by atoms with Crippen molar-refractivity contribution in [2.75, 3.05) is 31.1 Å². The molecule has 1 amide bonds. The lowest BCUT2D eigenvalue weighted by atomic mass is 10.2. The van der Waals surface area contributed by atoms with Crippen molar-refractivity contribution >= 4 is 40.2 Å². The second-order valence-electron chi connectivity index (χ2n) is 7.84. The Morgan fingerprint density at radius 3 is 2.44 bits per heavy atom. The monoisotopic (exact) mass is 493 g/mol. The highest BCUT2D eigenvalue weighted by atomic mass is 35.5. The fourth-order valence-electron chi connectivity index (χ4n) is 4.02. The molecule has 1 saturated heterocycles. The average molecular weight is 494 g/mol. The number of piperazine rings is 1. The highest BCUT2D eigenvalue weighted by molar-refractivity contribution is 7.13. The molecule has 0 atom stereocenters. The number of thiophene rings is 1. The lowest BCUT2D eigenvalue weighted by molar-refractivity contribution is -0.384. The molecule has 8 nitrogen and oxygen atoms in total. The topological polar surface area (TPSA) is 84.5 Å². The molecule has 0 aliphatic carbocycles. The summed E-state index contributed by atoms with van der Waals surface area (Å²) < 4.78 is 1.51. The third-order valence-electron chi connectivity index (χ3n) is 5.73. The number of aromatic nitrogens is 2. The minimum atomic E-state index is -0.455. The first-order chi connectivity index (χ1) is 16.5. The Hall–Kier alpha value is -3.69. The van der Waals surface area contributed by atoms with Crippen molar-refractivity contribution in [2.45, 2.75) is 0 Å². The van der Waals surface area contributed by atoms with Gasteiger partial charge < -0.3 is 9.80 Å².